The van der Waals surface area contributed by atoms with Gasteiger partial charge in [-0.2, -0.15) is 0 Å². The van der Waals surface area contributed by atoms with Gasteiger partial charge < -0.3 is 10.4 Å². The number of aromatic nitrogens is 2. The molecule has 0 saturated heterocycles. The van der Waals surface area contributed by atoms with E-state index in [9.17, 15) is 9.90 Å². The molecule has 2 aromatic heterocycles. The summed E-state index contributed by atoms with van der Waals surface area (Å²) in [4.78, 5) is 16.8. The number of fused-ring (bicyclic) bond motifs is 1. The number of aliphatic hydroxyl groups excluding tert-OH is 1. The molecular weight excluding hydrogens is 290 g/mol. The van der Waals surface area contributed by atoms with Crippen molar-refractivity contribution in [3.8, 4) is 0 Å². The highest BCUT2D eigenvalue weighted by Crippen LogP contribution is 2.15. The standard InChI is InChI=1S/C18H19N3O2/c1-13-17(21-12-6-5-9-16(21)20-13)18(23)19-11-10-15(22)14-7-3-2-4-8-14/h2-9,12,15,22H,10-11H2,1H3,(H,19,23). The summed E-state index contributed by atoms with van der Waals surface area (Å²) in [5.41, 5.74) is 2.83. The molecule has 0 bridgehead atoms. The largest absolute Gasteiger partial charge is 0.388 e. The van der Waals surface area contributed by atoms with Gasteiger partial charge in [-0.3, -0.25) is 9.20 Å². The van der Waals surface area contributed by atoms with Crippen LogP contribution in [0.3, 0.4) is 0 Å². The fourth-order valence-electron chi connectivity index (χ4n) is 2.64. The van der Waals surface area contributed by atoms with Crippen LogP contribution >= 0.6 is 0 Å². The van der Waals surface area contributed by atoms with Gasteiger partial charge in [-0.1, -0.05) is 36.4 Å². The van der Waals surface area contributed by atoms with Crippen molar-refractivity contribution < 1.29 is 9.90 Å². The quantitative estimate of drug-likeness (QED) is 0.761. The van der Waals surface area contributed by atoms with Crippen molar-refractivity contribution in [2.45, 2.75) is 19.4 Å². The fourth-order valence-corrected chi connectivity index (χ4v) is 2.64. The number of hydrogen-bond donors (Lipinski definition) is 2. The number of rotatable bonds is 5. The molecule has 1 atom stereocenters. The first-order valence-corrected chi connectivity index (χ1v) is 7.61. The van der Waals surface area contributed by atoms with E-state index in [1.165, 1.54) is 0 Å². The lowest BCUT2D eigenvalue weighted by atomic mass is 10.1. The van der Waals surface area contributed by atoms with E-state index >= 15 is 0 Å². The second-order valence-electron chi connectivity index (χ2n) is 5.45. The molecule has 0 saturated carbocycles. The Morgan fingerprint density at radius 1 is 1.22 bits per heavy atom. The van der Waals surface area contributed by atoms with Crippen LogP contribution in [0.1, 0.15) is 34.3 Å². The van der Waals surface area contributed by atoms with Crippen LogP contribution in [-0.4, -0.2) is 26.9 Å². The summed E-state index contributed by atoms with van der Waals surface area (Å²) < 4.78 is 1.78. The topological polar surface area (TPSA) is 66.6 Å². The third-order valence-corrected chi connectivity index (χ3v) is 3.81. The molecule has 0 fully saturated rings. The van der Waals surface area contributed by atoms with E-state index in [1.807, 2.05) is 61.7 Å². The van der Waals surface area contributed by atoms with Crippen LogP contribution in [0.4, 0.5) is 0 Å². The number of hydrogen-bond acceptors (Lipinski definition) is 3. The minimum atomic E-state index is -0.584. The van der Waals surface area contributed by atoms with Gasteiger partial charge in [0, 0.05) is 12.7 Å². The number of nitrogens with zero attached hydrogens (tertiary/aromatic N) is 2. The first kappa shape index (κ1) is 15.2. The average molecular weight is 309 g/mol. The number of imidazole rings is 1. The zero-order valence-electron chi connectivity index (χ0n) is 12.9. The normalized spacial score (nSPS) is 12.3. The monoisotopic (exact) mass is 309 g/mol. The lowest BCUT2D eigenvalue weighted by molar-refractivity contribution is 0.0936. The van der Waals surface area contributed by atoms with Crippen molar-refractivity contribution >= 4 is 11.6 Å². The van der Waals surface area contributed by atoms with E-state index < -0.39 is 6.10 Å². The fraction of sp³-hybridized carbons (Fsp3) is 0.222. The van der Waals surface area contributed by atoms with Gasteiger partial charge in [0.05, 0.1) is 11.8 Å². The van der Waals surface area contributed by atoms with Crippen LogP contribution in [0.15, 0.2) is 54.7 Å². The molecule has 118 valence electrons. The van der Waals surface area contributed by atoms with Crippen molar-refractivity contribution in [1.29, 1.82) is 0 Å². The molecule has 2 N–H and O–H groups in total. The molecular formula is C18H19N3O2. The average Bonchev–Trinajstić information content (AvgIpc) is 2.91. The number of carbonyl (C=O) groups is 1. The van der Waals surface area contributed by atoms with Crippen molar-refractivity contribution in [3.05, 3.63) is 71.7 Å². The maximum absolute atomic E-state index is 12.4. The number of amides is 1. The molecule has 2 heterocycles. The Morgan fingerprint density at radius 3 is 2.74 bits per heavy atom. The number of aliphatic hydroxyl groups is 1. The van der Waals surface area contributed by atoms with Gasteiger partial charge in [0.15, 0.2) is 0 Å². The maximum Gasteiger partial charge on any atom is 0.270 e. The van der Waals surface area contributed by atoms with Crippen LogP contribution < -0.4 is 5.32 Å². The molecule has 3 rings (SSSR count). The van der Waals surface area contributed by atoms with E-state index in [0.29, 0.717) is 24.4 Å². The molecule has 1 aromatic carbocycles. The van der Waals surface area contributed by atoms with Crippen LogP contribution in [-0.2, 0) is 0 Å². The summed E-state index contributed by atoms with van der Waals surface area (Å²) in [7, 11) is 0. The Hall–Kier alpha value is -2.66. The maximum atomic E-state index is 12.4. The second kappa shape index (κ2) is 6.62. The summed E-state index contributed by atoms with van der Waals surface area (Å²) >= 11 is 0. The molecule has 0 aliphatic heterocycles. The zero-order chi connectivity index (χ0) is 16.2. The molecule has 3 aromatic rings. The smallest absolute Gasteiger partial charge is 0.270 e. The Balaban J connectivity index is 1.64. The molecule has 23 heavy (non-hydrogen) atoms. The summed E-state index contributed by atoms with van der Waals surface area (Å²) in [5, 5.41) is 13.0. The van der Waals surface area contributed by atoms with Crippen molar-refractivity contribution in [2.75, 3.05) is 6.54 Å². The summed E-state index contributed by atoms with van der Waals surface area (Å²) in [6.07, 6.45) is 1.70. The highest BCUT2D eigenvalue weighted by Gasteiger charge is 2.16. The number of carbonyl (C=O) groups excluding carboxylic acids is 1. The van der Waals surface area contributed by atoms with Crippen LogP contribution in [0.2, 0.25) is 0 Å². The van der Waals surface area contributed by atoms with Crippen LogP contribution in [0.25, 0.3) is 5.65 Å². The van der Waals surface area contributed by atoms with Crippen LogP contribution in [0, 0.1) is 6.92 Å². The zero-order valence-corrected chi connectivity index (χ0v) is 12.9. The molecule has 0 aliphatic carbocycles. The highest BCUT2D eigenvalue weighted by molar-refractivity contribution is 5.94. The summed E-state index contributed by atoms with van der Waals surface area (Å²) in [6, 6.07) is 15.1. The minimum absolute atomic E-state index is 0.179. The number of benzene rings is 1. The van der Waals surface area contributed by atoms with E-state index in [0.717, 1.165) is 11.2 Å². The molecule has 1 amide bonds. The SMILES string of the molecule is Cc1nc2ccccn2c1C(=O)NCCC(O)c1ccccc1. The number of pyridine rings is 1. The number of nitrogens with one attached hydrogen (secondary N) is 1. The van der Waals surface area contributed by atoms with Gasteiger partial charge in [0.25, 0.3) is 5.91 Å². The predicted molar refractivity (Wildman–Crippen MR) is 88.3 cm³/mol. The van der Waals surface area contributed by atoms with Crippen molar-refractivity contribution in [1.82, 2.24) is 14.7 Å². The third-order valence-electron chi connectivity index (χ3n) is 3.81. The third kappa shape index (κ3) is 3.24. The Labute approximate surface area is 134 Å². The molecule has 5 heteroatoms. The molecule has 0 spiro atoms. The highest BCUT2D eigenvalue weighted by atomic mass is 16.3. The second-order valence-corrected chi connectivity index (χ2v) is 5.45. The van der Waals surface area contributed by atoms with Gasteiger partial charge in [0.1, 0.15) is 11.3 Å². The Morgan fingerprint density at radius 2 is 1.96 bits per heavy atom. The van der Waals surface area contributed by atoms with E-state index in [2.05, 4.69) is 10.3 Å². The summed E-state index contributed by atoms with van der Waals surface area (Å²) in [6.45, 7) is 2.22. The lowest BCUT2D eigenvalue weighted by Crippen LogP contribution is -2.27. The van der Waals surface area contributed by atoms with Gasteiger partial charge in [-0.15, -0.1) is 0 Å². The first-order valence-electron chi connectivity index (χ1n) is 7.61. The molecule has 5 nitrogen and oxygen atoms in total. The predicted octanol–water partition coefficient (Wildman–Crippen LogP) is 2.50. The van der Waals surface area contributed by atoms with Gasteiger partial charge in [0.2, 0.25) is 0 Å². The summed E-state index contributed by atoms with van der Waals surface area (Å²) in [5.74, 6) is -0.179. The van der Waals surface area contributed by atoms with Gasteiger partial charge in [-0.25, -0.2) is 4.98 Å². The molecule has 0 aliphatic rings. The van der Waals surface area contributed by atoms with E-state index in [4.69, 9.17) is 0 Å². The van der Waals surface area contributed by atoms with Gasteiger partial charge >= 0.3 is 0 Å². The van der Waals surface area contributed by atoms with Gasteiger partial charge in [-0.05, 0) is 31.0 Å². The molecule has 0 radical (unpaired) electrons. The lowest BCUT2D eigenvalue weighted by Gasteiger charge is -2.11. The van der Waals surface area contributed by atoms with Crippen LogP contribution in [0.5, 0.6) is 0 Å². The minimum Gasteiger partial charge on any atom is -0.388 e. The number of aryl methyl sites for hydroxylation is 1. The van der Waals surface area contributed by atoms with E-state index in [-0.39, 0.29) is 5.91 Å². The Bertz CT molecular complexity index is 812. The van der Waals surface area contributed by atoms with Crippen molar-refractivity contribution in [3.63, 3.8) is 0 Å². The Kier molecular flexibility index (Phi) is 4.39. The van der Waals surface area contributed by atoms with Crippen molar-refractivity contribution in [2.24, 2.45) is 0 Å². The molecule has 1 unspecified atom stereocenters. The first-order chi connectivity index (χ1) is 11.2. The van der Waals surface area contributed by atoms with E-state index in [1.54, 1.807) is 4.40 Å².